The second kappa shape index (κ2) is 31.3. The quantitative estimate of drug-likeness (QED) is 0.0254. The molecule has 3 aromatic carbocycles. The van der Waals surface area contributed by atoms with Crippen LogP contribution in [0.2, 0.25) is 0 Å². The zero-order valence-corrected chi connectivity index (χ0v) is 45.8. The number of anilines is 2. The van der Waals surface area contributed by atoms with E-state index in [-0.39, 0.29) is 59.5 Å². The molecule has 13 N–H and O–H groups in total. The minimum Gasteiger partial charge on any atom is -0.390 e. The van der Waals surface area contributed by atoms with Crippen LogP contribution in [0, 0.1) is 36.3 Å². The fourth-order valence-corrected chi connectivity index (χ4v) is 10.8. The Kier molecular flexibility index (Phi) is 25.8. The van der Waals surface area contributed by atoms with Gasteiger partial charge in [-0.3, -0.25) is 19.9 Å². The maximum Gasteiger partial charge on any atom is 0.321 e. The average molecular weight is 1080 g/mol. The van der Waals surface area contributed by atoms with Crippen LogP contribution in [0.25, 0.3) is 0 Å². The zero-order valence-electron chi connectivity index (χ0n) is 45.0. The van der Waals surface area contributed by atoms with E-state index >= 15 is 0 Å². The van der Waals surface area contributed by atoms with Gasteiger partial charge in [0.05, 0.1) is 22.7 Å². The normalized spacial score (nSPS) is 18.9. The molecular weight excluding hydrogens is 995 g/mol. The van der Waals surface area contributed by atoms with Gasteiger partial charge in [0.1, 0.15) is 17.5 Å². The number of aliphatic hydroxyl groups excluding tert-OH is 1. The van der Waals surface area contributed by atoms with E-state index in [1.165, 1.54) is 42.5 Å². The SMILES string of the molecule is CC(=O)c1sc(NC(=O)N[C@@H]2CCN(C(=O)C3CCOCC3)C[C@H]2CN2CCC[C@@H](Cc3ccc(F)cc3)C2)nc1C.CCN(CCCc1ccc(F)cc1)C[C@H](O)[C@@H](C)NC(=O)Nc1cccc(C(N)=NC)c1.N.N. The van der Waals surface area contributed by atoms with E-state index in [0.717, 1.165) is 94.4 Å². The van der Waals surface area contributed by atoms with Gasteiger partial charge in [0, 0.05) is 89.0 Å². The molecule has 0 unspecified atom stereocenters. The Morgan fingerprint density at radius 3 is 2.26 bits per heavy atom. The van der Waals surface area contributed by atoms with Crippen molar-refractivity contribution >= 4 is 51.7 Å². The number of hydrogen-bond donors (Lipinski definition) is 8. The number of ketones is 1. The largest absolute Gasteiger partial charge is 0.390 e. The maximum absolute atomic E-state index is 13.4. The number of aliphatic imine (C=N–C) groups is 1. The fourth-order valence-electron chi connectivity index (χ4n) is 9.97. The number of piperidine rings is 2. The van der Waals surface area contributed by atoms with E-state index < -0.39 is 18.2 Å². The number of nitrogens with two attached hydrogens (primary N) is 1. The number of benzene rings is 3. The summed E-state index contributed by atoms with van der Waals surface area (Å²) in [5, 5.41) is 22.5. The summed E-state index contributed by atoms with van der Waals surface area (Å²) in [6.07, 6.45) is 6.35. The van der Waals surface area contributed by atoms with Crippen LogP contribution in [0.15, 0.2) is 77.8 Å². The maximum atomic E-state index is 13.4. The van der Waals surface area contributed by atoms with Crippen molar-refractivity contribution in [2.75, 3.05) is 83.3 Å². The monoisotopic (exact) mass is 1080 g/mol. The van der Waals surface area contributed by atoms with E-state index in [1.807, 2.05) is 30.0 Å². The summed E-state index contributed by atoms with van der Waals surface area (Å²) in [5.41, 5.74) is 9.97. The molecule has 418 valence electrons. The van der Waals surface area contributed by atoms with Gasteiger partial charge in [-0.1, -0.05) is 54.7 Å². The van der Waals surface area contributed by atoms with Crippen LogP contribution in [-0.4, -0.2) is 145 Å². The second-order valence-electron chi connectivity index (χ2n) is 19.8. The molecule has 0 radical (unpaired) electrons. The number of hydrogen-bond acceptors (Lipinski definition) is 13. The number of ether oxygens (including phenoxy) is 1. The number of amidine groups is 1. The fraction of sp³-hybridized carbons (Fsp3) is 0.527. The first-order valence-electron chi connectivity index (χ1n) is 26.0. The van der Waals surface area contributed by atoms with Gasteiger partial charge in [-0.15, -0.1) is 0 Å². The van der Waals surface area contributed by atoms with Gasteiger partial charge in [0.25, 0.3) is 0 Å². The molecule has 0 saturated carbocycles. The average Bonchev–Trinajstić information content (AvgIpc) is 3.77. The molecule has 3 aliphatic heterocycles. The number of Topliss-reactive ketones (excluding diaryl/α,β-unsaturated/α-hetero) is 1. The Morgan fingerprint density at radius 1 is 0.934 bits per heavy atom. The van der Waals surface area contributed by atoms with Crippen molar-refractivity contribution < 1.29 is 37.8 Å². The lowest BCUT2D eigenvalue weighted by atomic mass is 9.87. The highest BCUT2D eigenvalue weighted by Crippen LogP contribution is 2.28. The summed E-state index contributed by atoms with van der Waals surface area (Å²) in [4.78, 5) is 66.1. The summed E-state index contributed by atoms with van der Waals surface area (Å²) in [6.45, 7) is 14.3. The topological polar surface area (TPSA) is 277 Å². The van der Waals surface area contributed by atoms with Gasteiger partial charge in [-0.05, 0) is 138 Å². The van der Waals surface area contributed by atoms with Crippen molar-refractivity contribution in [3.63, 3.8) is 0 Å². The summed E-state index contributed by atoms with van der Waals surface area (Å²) in [7, 11) is 1.60. The van der Waals surface area contributed by atoms with Crippen LogP contribution in [0.4, 0.5) is 29.2 Å². The first-order valence-corrected chi connectivity index (χ1v) is 26.8. The molecule has 3 aliphatic rings. The number of likely N-dealkylation sites (tertiary alicyclic amines) is 2. The van der Waals surface area contributed by atoms with Gasteiger partial charge in [0.15, 0.2) is 10.9 Å². The number of likely N-dealkylation sites (N-methyl/N-ethyl adjacent to an activating group) is 1. The second-order valence-corrected chi connectivity index (χ2v) is 20.8. The zero-order chi connectivity index (χ0) is 53.1. The van der Waals surface area contributed by atoms with Gasteiger partial charge in [-0.2, -0.15) is 0 Å². The molecule has 76 heavy (non-hydrogen) atoms. The Labute approximate surface area is 451 Å². The summed E-state index contributed by atoms with van der Waals surface area (Å²) < 4.78 is 31.9. The first-order chi connectivity index (χ1) is 35.6. The lowest BCUT2D eigenvalue weighted by Crippen LogP contribution is -2.57. The van der Waals surface area contributed by atoms with Gasteiger partial charge in [0.2, 0.25) is 5.91 Å². The Bertz CT molecular complexity index is 2480. The number of aromatic nitrogens is 1. The number of carbonyl (C=O) groups excluding carboxylic acids is 4. The third kappa shape index (κ3) is 19.6. The molecule has 3 fully saturated rings. The molecule has 0 aliphatic carbocycles. The van der Waals surface area contributed by atoms with Crippen molar-refractivity contribution in [3.8, 4) is 0 Å². The van der Waals surface area contributed by atoms with Crippen LogP contribution in [0.5, 0.6) is 0 Å². The number of rotatable bonds is 19. The Hall–Kier alpha value is -5.94. The van der Waals surface area contributed by atoms with Gasteiger partial charge >= 0.3 is 12.1 Å². The van der Waals surface area contributed by atoms with Crippen LogP contribution < -0.4 is 39.3 Å². The number of amides is 5. The minimum atomic E-state index is -0.722. The van der Waals surface area contributed by atoms with Gasteiger partial charge < -0.3 is 58.5 Å². The standard InChI is InChI=1S/C31H42FN5O4S.C24H34FN5O2.2H3N/c1-20-28(21(2)38)42-31(33-20)35-30(40)34-27-9-13-37(29(39)24-10-14-41-15-11-24)19-25(27)18-36-12-3-4-23(17-36)16-22-5-7-26(32)8-6-22;1-4-30(14-6-7-18-10-12-20(25)13-11-18)16-22(31)17(2)28-24(32)29-21-9-5-8-19(15-21)23(26)27-3;;/h5-8,23-25,27H,3-4,9-19H2,1-2H3,(H2,33,34,35,40);5,8-13,15,17,22,31H,4,6-7,14,16H2,1-3H3,(H2,26,27)(H2,28,29,32);2*1H3/t23-,25+,27+;17-,22+;;/m01../s1. The van der Waals surface area contributed by atoms with Crippen molar-refractivity contribution in [2.45, 2.75) is 97.2 Å². The number of nitrogens with zero attached hydrogens (tertiary/aromatic N) is 5. The lowest BCUT2D eigenvalue weighted by Gasteiger charge is -2.43. The number of carbonyl (C=O) groups is 4. The summed E-state index contributed by atoms with van der Waals surface area (Å²) in [6, 6.07) is 19.1. The van der Waals surface area contributed by atoms with Crippen LogP contribution in [-0.2, 0) is 22.4 Å². The third-order valence-electron chi connectivity index (χ3n) is 14.1. The van der Waals surface area contributed by atoms with Crippen molar-refractivity contribution in [2.24, 2.45) is 28.5 Å². The van der Waals surface area contributed by atoms with Crippen LogP contribution in [0.1, 0.15) is 91.4 Å². The molecule has 21 heteroatoms. The molecule has 1 aromatic heterocycles. The molecule has 3 saturated heterocycles. The Balaban J connectivity index is 0.000000332. The van der Waals surface area contributed by atoms with Crippen LogP contribution in [0.3, 0.4) is 0 Å². The number of aliphatic hydroxyl groups is 1. The predicted octanol–water partition coefficient (Wildman–Crippen LogP) is 7.82. The molecular formula is C55H82F2N12O6S. The molecule has 4 heterocycles. The molecule has 0 bridgehead atoms. The summed E-state index contributed by atoms with van der Waals surface area (Å²) in [5.74, 6) is 0.628. The van der Waals surface area contributed by atoms with E-state index in [0.29, 0.717) is 72.4 Å². The van der Waals surface area contributed by atoms with E-state index in [9.17, 15) is 33.1 Å². The lowest BCUT2D eigenvalue weighted by molar-refractivity contribution is -0.141. The van der Waals surface area contributed by atoms with E-state index in [1.54, 1.807) is 51.2 Å². The third-order valence-corrected chi connectivity index (χ3v) is 15.3. The van der Waals surface area contributed by atoms with Crippen molar-refractivity contribution in [3.05, 3.63) is 112 Å². The van der Waals surface area contributed by atoms with E-state index in [2.05, 4.69) is 41.0 Å². The molecule has 5 atom stereocenters. The number of halogens is 2. The molecule has 18 nitrogen and oxygen atoms in total. The molecule has 7 rings (SSSR count). The Morgan fingerprint density at radius 2 is 1.62 bits per heavy atom. The first kappa shape index (κ1) is 62.6. The predicted molar refractivity (Wildman–Crippen MR) is 298 cm³/mol. The molecule has 0 spiro atoms. The highest BCUT2D eigenvalue weighted by molar-refractivity contribution is 7.17. The highest BCUT2D eigenvalue weighted by atomic mass is 32.1. The smallest absolute Gasteiger partial charge is 0.321 e. The number of thiazole rings is 1. The number of aryl methyl sites for hydroxylation is 2. The van der Waals surface area contributed by atoms with Crippen LogP contribution >= 0.6 is 11.3 Å². The van der Waals surface area contributed by atoms with Crippen molar-refractivity contribution in [1.29, 1.82) is 0 Å². The van der Waals surface area contributed by atoms with Gasteiger partial charge in [-0.25, -0.2) is 23.4 Å². The highest BCUT2D eigenvalue weighted by Gasteiger charge is 2.37. The number of nitrogens with one attached hydrogen (secondary N) is 4. The molecule has 4 aromatic rings. The van der Waals surface area contributed by atoms with Crippen molar-refractivity contribution in [1.82, 2.24) is 42.6 Å². The number of urea groups is 2. The van der Waals surface area contributed by atoms with E-state index in [4.69, 9.17) is 10.5 Å². The summed E-state index contributed by atoms with van der Waals surface area (Å²) >= 11 is 1.18. The molecule has 5 amide bonds. The minimum absolute atomic E-state index is 0.